The molecule has 1 aliphatic rings. The summed E-state index contributed by atoms with van der Waals surface area (Å²) < 4.78 is 15.4. The van der Waals surface area contributed by atoms with E-state index < -0.39 is 0 Å². The Morgan fingerprint density at radius 2 is 2.08 bits per heavy atom. The van der Waals surface area contributed by atoms with Crippen molar-refractivity contribution in [3.8, 4) is 11.1 Å². The quantitative estimate of drug-likeness (QED) is 0.665. The summed E-state index contributed by atoms with van der Waals surface area (Å²) in [6.07, 6.45) is 5.34. The smallest absolute Gasteiger partial charge is 0.246 e. The van der Waals surface area contributed by atoms with E-state index in [4.69, 9.17) is 5.10 Å². The maximum atomic E-state index is 13.5. The average molecular weight is 349 g/mol. The zero-order valence-corrected chi connectivity index (χ0v) is 14.4. The van der Waals surface area contributed by atoms with Crippen molar-refractivity contribution in [3.63, 3.8) is 0 Å². The van der Waals surface area contributed by atoms with Gasteiger partial charge in [0, 0.05) is 24.7 Å². The molecule has 0 radical (unpaired) electrons. The van der Waals surface area contributed by atoms with E-state index in [-0.39, 0.29) is 17.8 Å². The fraction of sp³-hybridized carbons (Fsp3) is 0.238. The average Bonchev–Trinajstić information content (AvgIpc) is 3.11. The molecule has 0 N–H and O–H groups in total. The van der Waals surface area contributed by atoms with Crippen LogP contribution in [0.4, 0.5) is 4.39 Å². The molecule has 5 heteroatoms. The first-order chi connectivity index (χ1) is 12.6. The van der Waals surface area contributed by atoms with Gasteiger partial charge in [0.25, 0.3) is 0 Å². The number of rotatable bonds is 3. The number of likely N-dealkylation sites (tertiary alicyclic amines) is 1. The molecule has 2 heterocycles. The van der Waals surface area contributed by atoms with E-state index in [1.54, 1.807) is 6.07 Å². The third kappa shape index (κ3) is 3.12. The Morgan fingerprint density at radius 3 is 2.88 bits per heavy atom. The van der Waals surface area contributed by atoms with Crippen LogP contribution in [-0.4, -0.2) is 33.7 Å². The van der Waals surface area contributed by atoms with Gasteiger partial charge in [0.2, 0.25) is 5.91 Å². The van der Waals surface area contributed by atoms with Crippen LogP contribution in [0.3, 0.4) is 0 Å². The summed E-state index contributed by atoms with van der Waals surface area (Å²) in [6, 6.07) is 12.7. The summed E-state index contributed by atoms with van der Waals surface area (Å²) in [7, 11) is 0. The highest BCUT2D eigenvalue weighted by molar-refractivity contribution is 5.87. The lowest BCUT2D eigenvalue weighted by Gasteiger charge is -2.32. The number of carbonyl (C=O) groups excluding carboxylic acids is 1. The number of carbonyl (C=O) groups is 1. The zero-order valence-electron chi connectivity index (χ0n) is 14.4. The number of benzene rings is 2. The standard InChI is InChI=1S/C21H20FN3O/c1-2-21(26)24-10-4-7-19(14-24)25-13-17-9-8-16(12-20(17)23-25)15-5-3-6-18(22)11-15/h2-3,5-6,8-9,11-13,19H,1,4,7,10,14H2. The lowest BCUT2D eigenvalue weighted by atomic mass is 10.0. The minimum Gasteiger partial charge on any atom is -0.337 e. The van der Waals surface area contributed by atoms with Gasteiger partial charge in [-0.3, -0.25) is 9.48 Å². The molecule has 1 fully saturated rings. The van der Waals surface area contributed by atoms with E-state index in [9.17, 15) is 9.18 Å². The summed E-state index contributed by atoms with van der Waals surface area (Å²) in [6.45, 7) is 4.99. The number of hydrogen-bond acceptors (Lipinski definition) is 2. The van der Waals surface area contributed by atoms with E-state index in [2.05, 4.69) is 6.58 Å². The lowest BCUT2D eigenvalue weighted by Crippen LogP contribution is -2.39. The molecular formula is C21H20FN3O. The van der Waals surface area contributed by atoms with Gasteiger partial charge < -0.3 is 4.90 Å². The predicted molar refractivity (Wildman–Crippen MR) is 100 cm³/mol. The van der Waals surface area contributed by atoms with Crippen LogP contribution in [0.1, 0.15) is 18.9 Å². The van der Waals surface area contributed by atoms with Crippen molar-refractivity contribution in [3.05, 3.63) is 67.1 Å². The highest BCUT2D eigenvalue weighted by Crippen LogP contribution is 2.27. The molecule has 4 rings (SSSR count). The third-order valence-electron chi connectivity index (χ3n) is 4.94. The van der Waals surface area contributed by atoms with Crippen molar-refractivity contribution >= 4 is 16.8 Å². The topological polar surface area (TPSA) is 38.1 Å². The Labute approximate surface area is 151 Å². The van der Waals surface area contributed by atoms with Gasteiger partial charge in [-0.2, -0.15) is 5.10 Å². The first-order valence-corrected chi connectivity index (χ1v) is 8.80. The Kier molecular flexibility index (Phi) is 4.29. The molecule has 0 spiro atoms. The van der Waals surface area contributed by atoms with Crippen LogP contribution in [0.2, 0.25) is 0 Å². The van der Waals surface area contributed by atoms with E-state index in [0.29, 0.717) is 6.54 Å². The molecule has 4 nitrogen and oxygen atoms in total. The molecule has 132 valence electrons. The molecular weight excluding hydrogens is 329 g/mol. The Bertz CT molecular complexity index is 978. The molecule has 1 aromatic heterocycles. The summed E-state index contributed by atoms with van der Waals surface area (Å²) in [5, 5.41) is 5.76. The van der Waals surface area contributed by atoms with E-state index in [1.165, 1.54) is 18.2 Å². The molecule has 1 amide bonds. The van der Waals surface area contributed by atoms with Crippen molar-refractivity contribution in [2.24, 2.45) is 0 Å². The van der Waals surface area contributed by atoms with Gasteiger partial charge >= 0.3 is 0 Å². The molecule has 1 unspecified atom stereocenters. The molecule has 3 aromatic rings. The minimum atomic E-state index is -0.248. The molecule has 1 aliphatic heterocycles. The van der Waals surface area contributed by atoms with Gasteiger partial charge in [-0.15, -0.1) is 0 Å². The molecule has 2 aromatic carbocycles. The molecule has 1 saturated heterocycles. The van der Waals surface area contributed by atoms with E-state index in [0.717, 1.165) is 41.4 Å². The molecule has 0 bridgehead atoms. The molecule has 1 atom stereocenters. The normalized spacial score (nSPS) is 17.4. The predicted octanol–water partition coefficient (Wildman–Crippen LogP) is 4.19. The Balaban J connectivity index is 1.63. The molecule has 0 saturated carbocycles. The van der Waals surface area contributed by atoms with Crippen molar-refractivity contribution < 1.29 is 9.18 Å². The second-order valence-electron chi connectivity index (χ2n) is 6.68. The van der Waals surface area contributed by atoms with Crippen LogP contribution in [0.25, 0.3) is 22.0 Å². The summed E-state index contributed by atoms with van der Waals surface area (Å²) in [5.74, 6) is -0.276. The largest absolute Gasteiger partial charge is 0.337 e. The Morgan fingerprint density at radius 1 is 1.23 bits per heavy atom. The van der Waals surface area contributed by atoms with Gasteiger partial charge in [0.05, 0.1) is 11.6 Å². The summed E-state index contributed by atoms with van der Waals surface area (Å²) in [5.41, 5.74) is 2.65. The van der Waals surface area contributed by atoms with Gasteiger partial charge in [0.15, 0.2) is 0 Å². The number of piperidine rings is 1. The van der Waals surface area contributed by atoms with Crippen LogP contribution >= 0.6 is 0 Å². The fourth-order valence-corrected chi connectivity index (χ4v) is 3.57. The molecule has 0 aliphatic carbocycles. The SMILES string of the molecule is C=CC(=O)N1CCCC(n2cc3ccc(-c4cccc(F)c4)cc3n2)C1. The second kappa shape index (κ2) is 6.75. The third-order valence-corrected chi connectivity index (χ3v) is 4.94. The van der Waals surface area contributed by atoms with Crippen molar-refractivity contribution in [2.45, 2.75) is 18.9 Å². The number of aromatic nitrogens is 2. The van der Waals surface area contributed by atoms with Crippen LogP contribution in [0.5, 0.6) is 0 Å². The lowest BCUT2D eigenvalue weighted by molar-refractivity contribution is -0.127. The Hall–Kier alpha value is -2.95. The fourth-order valence-electron chi connectivity index (χ4n) is 3.57. The number of fused-ring (bicyclic) bond motifs is 1. The first-order valence-electron chi connectivity index (χ1n) is 8.80. The van der Waals surface area contributed by atoms with E-state index >= 15 is 0 Å². The van der Waals surface area contributed by atoms with Crippen molar-refractivity contribution in [1.82, 2.24) is 14.7 Å². The van der Waals surface area contributed by atoms with Crippen molar-refractivity contribution in [1.29, 1.82) is 0 Å². The monoisotopic (exact) mass is 349 g/mol. The highest BCUT2D eigenvalue weighted by atomic mass is 19.1. The van der Waals surface area contributed by atoms with Gasteiger partial charge in [0.1, 0.15) is 5.82 Å². The summed E-state index contributed by atoms with van der Waals surface area (Å²) in [4.78, 5) is 13.7. The second-order valence-corrected chi connectivity index (χ2v) is 6.68. The van der Waals surface area contributed by atoms with Crippen LogP contribution in [-0.2, 0) is 4.79 Å². The van der Waals surface area contributed by atoms with Gasteiger partial charge in [-0.1, -0.05) is 30.8 Å². The van der Waals surface area contributed by atoms with Gasteiger partial charge in [-0.25, -0.2) is 4.39 Å². The first kappa shape index (κ1) is 16.5. The number of amides is 1. The van der Waals surface area contributed by atoms with E-state index in [1.807, 2.05) is 40.0 Å². The highest BCUT2D eigenvalue weighted by Gasteiger charge is 2.24. The maximum Gasteiger partial charge on any atom is 0.246 e. The molecule has 26 heavy (non-hydrogen) atoms. The zero-order chi connectivity index (χ0) is 18.1. The van der Waals surface area contributed by atoms with Crippen LogP contribution in [0, 0.1) is 5.82 Å². The van der Waals surface area contributed by atoms with Crippen molar-refractivity contribution in [2.75, 3.05) is 13.1 Å². The van der Waals surface area contributed by atoms with Gasteiger partial charge in [-0.05, 0) is 48.2 Å². The van der Waals surface area contributed by atoms with Crippen LogP contribution in [0.15, 0.2) is 61.3 Å². The minimum absolute atomic E-state index is 0.0280. The number of hydrogen-bond donors (Lipinski definition) is 0. The number of nitrogens with zero attached hydrogens (tertiary/aromatic N) is 3. The maximum absolute atomic E-state index is 13.5. The van der Waals surface area contributed by atoms with Crippen LogP contribution < -0.4 is 0 Å². The number of halogens is 1. The summed E-state index contributed by atoms with van der Waals surface area (Å²) >= 11 is 0.